The van der Waals surface area contributed by atoms with Crippen molar-refractivity contribution in [2.24, 2.45) is 5.73 Å². The van der Waals surface area contributed by atoms with E-state index in [1.165, 1.54) is 6.07 Å². The zero-order valence-corrected chi connectivity index (χ0v) is 10.3. The largest absolute Gasteiger partial charge is 0.417 e. The Kier molecular flexibility index (Phi) is 4.52. The van der Waals surface area contributed by atoms with Crippen molar-refractivity contribution in [3.8, 4) is 6.07 Å². The van der Waals surface area contributed by atoms with Gasteiger partial charge >= 0.3 is 6.18 Å². The third-order valence-corrected chi connectivity index (χ3v) is 3.62. The number of sulfonamides is 1. The van der Waals surface area contributed by atoms with E-state index >= 15 is 0 Å². The quantitative estimate of drug-likeness (QED) is 0.858. The Morgan fingerprint density at radius 1 is 1.37 bits per heavy atom. The molecule has 3 N–H and O–H groups in total. The van der Waals surface area contributed by atoms with Gasteiger partial charge in [0.25, 0.3) is 0 Å². The predicted molar refractivity (Wildman–Crippen MR) is 60.4 cm³/mol. The smallest absolute Gasteiger partial charge is 0.329 e. The number of halogens is 3. The summed E-state index contributed by atoms with van der Waals surface area (Å²) in [7, 11) is -4.07. The molecule has 0 saturated carbocycles. The van der Waals surface area contributed by atoms with E-state index in [0.29, 0.717) is 6.07 Å². The van der Waals surface area contributed by atoms with Gasteiger partial charge in [0.1, 0.15) is 0 Å². The standard InChI is InChI=1S/C10H10F3N3O2S/c11-10(12,13)9-5-8(2-1-7(9)6-15)19(17,18)16-4-3-14/h1-2,5,16H,3-4,14H2. The number of rotatable bonds is 4. The van der Waals surface area contributed by atoms with Gasteiger partial charge in [0.05, 0.1) is 22.1 Å². The Labute approximate surface area is 107 Å². The van der Waals surface area contributed by atoms with Crippen molar-refractivity contribution in [3.05, 3.63) is 29.3 Å². The molecule has 0 unspecified atom stereocenters. The van der Waals surface area contributed by atoms with Crippen molar-refractivity contribution >= 4 is 10.0 Å². The molecule has 0 radical (unpaired) electrons. The maximum Gasteiger partial charge on any atom is 0.417 e. The molecule has 0 aromatic heterocycles. The lowest BCUT2D eigenvalue weighted by atomic mass is 10.1. The summed E-state index contributed by atoms with van der Waals surface area (Å²) in [6.45, 7) is -0.0781. The summed E-state index contributed by atoms with van der Waals surface area (Å²) in [6, 6.07) is 3.55. The molecule has 5 nitrogen and oxygen atoms in total. The molecule has 0 heterocycles. The van der Waals surface area contributed by atoms with Crippen LogP contribution in [-0.4, -0.2) is 21.5 Å². The highest BCUT2D eigenvalue weighted by Crippen LogP contribution is 2.33. The third kappa shape index (κ3) is 3.66. The molecule has 1 aromatic carbocycles. The molecule has 0 amide bonds. The highest BCUT2D eigenvalue weighted by atomic mass is 32.2. The third-order valence-electron chi connectivity index (χ3n) is 2.16. The molecule has 0 fully saturated rings. The minimum absolute atomic E-state index is 0.0155. The molecule has 9 heteroatoms. The van der Waals surface area contributed by atoms with Gasteiger partial charge in [0.15, 0.2) is 0 Å². The fourth-order valence-electron chi connectivity index (χ4n) is 1.30. The van der Waals surface area contributed by atoms with Crippen molar-refractivity contribution in [2.45, 2.75) is 11.1 Å². The van der Waals surface area contributed by atoms with Gasteiger partial charge in [-0.3, -0.25) is 0 Å². The average Bonchev–Trinajstić information content (AvgIpc) is 2.34. The molecule has 0 aliphatic carbocycles. The zero-order valence-electron chi connectivity index (χ0n) is 9.53. The second-order valence-electron chi connectivity index (χ2n) is 3.50. The summed E-state index contributed by atoms with van der Waals surface area (Å²) in [5.74, 6) is 0. The van der Waals surface area contributed by atoms with Crippen LogP contribution in [0.4, 0.5) is 13.2 Å². The lowest BCUT2D eigenvalue weighted by molar-refractivity contribution is -0.137. The molecule has 104 valence electrons. The summed E-state index contributed by atoms with van der Waals surface area (Å²) in [5.41, 5.74) is 3.19. The van der Waals surface area contributed by atoms with Crippen LogP contribution in [0.15, 0.2) is 23.1 Å². The minimum atomic E-state index is -4.80. The molecule has 1 rings (SSSR count). The van der Waals surface area contributed by atoms with Gasteiger partial charge in [-0.2, -0.15) is 18.4 Å². The van der Waals surface area contributed by atoms with Crippen LogP contribution in [0.1, 0.15) is 11.1 Å². The maximum atomic E-state index is 12.7. The average molecular weight is 293 g/mol. The molecule has 0 saturated heterocycles. The van der Waals surface area contributed by atoms with Crippen LogP contribution in [-0.2, 0) is 16.2 Å². The number of nitrogens with one attached hydrogen (secondary N) is 1. The summed E-state index contributed by atoms with van der Waals surface area (Å²) in [5, 5.41) is 8.59. The lowest BCUT2D eigenvalue weighted by Gasteiger charge is -2.11. The number of alkyl halides is 3. The van der Waals surface area contributed by atoms with E-state index in [0.717, 1.165) is 12.1 Å². The number of hydrogen-bond acceptors (Lipinski definition) is 4. The first-order valence-electron chi connectivity index (χ1n) is 5.03. The van der Waals surface area contributed by atoms with Crippen molar-refractivity contribution < 1.29 is 21.6 Å². The summed E-state index contributed by atoms with van der Waals surface area (Å²) in [6.07, 6.45) is -4.80. The molecule has 19 heavy (non-hydrogen) atoms. The molecule has 0 aliphatic rings. The van der Waals surface area contributed by atoms with E-state index in [1.54, 1.807) is 0 Å². The van der Waals surface area contributed by atoms with Crippen LogP contribution < -0.4 is 10.5 Å². The van der Waals surface area contributed by atoms with Crippen LogP contribution in [0.25, 0.3) is 0 Å². The number of hydrogen-bond donors (Lipinski definition) is 2. The Hall–Kier alpha value is -1.63. The second-order valence-corrected chi connectivity index (χ2v) is 5.27. The monoisotopic (exact) mass is 293 g/mol. The van der Waals surface area contributed by atoms with E-state index in [4.69, 9.17) is 11.0 Å². The molecule has 0 atom stereocenters. The zero-order chi connectivity index (χ0) is 14.7. The Morgan fingerprint density at radius 3 is 2.47 bits per heavy atom. The first-order valence-corrected chi connectivity index (χ1v) is 6.52. The molecule has 1 aromatic rings. The van der Waals surface area contributed by atoms with E-state index < -0.39 is 32.2 Å². The number of nitrogens with zero attached hydrogens (tertiary/aromatic N) is 1. The van der Waals surface area contributed by atoms with Crippen LogP contribution >= 0.6 is 0 Å². The number of nitrogens with two attached hydrogens (primary N) is 1. The summed E-state index contributed by atoms with van der Waals surface area (Å²) < 4.78 is 63.4. The van der Waals surface area contributed by atoms with Gasteiger partial charge < -0.3 is 5.73 Å². The highest BCUT2D eigenvalue weighted by Gasteiger charge is 2.34. The normalized spacial score (nSPS) is 12.2. The Morgan fingerprint density at radius 2 is 2.00 bits per heavy atom. The second kappa shape index (κ2) is 5.56. The first-order chi connectivity index (χ1) is 8.72. The van der Waals surface area contributed by atoms with Crippen molar-refractivity contribution in [2.75, 3.05) is 13.1 Å². The van der Waals surface area contributed by atoms with E-state index in [-0.39, 0.29) is 13.1 Å². The molecular weight excluding hydrogens is 283 g/mol. The summed E-state index contributed by atoms with van der Waals surface area (Å²) in [4.78, 5) is -0.563. The number of nitriles is 1. The van der Waals surface area contributed by atoms with Crippen LogP contribution in [0, 0.1) is 11.3 Å². The molecule has 0 bridgehead atoms. The van der Waals surface area contributed by atoms with Gasteiger partial charge in [0, 0.05) is 13.1 Å². The highest BCUT2D eigenvalue weighted by molar-refractivity contribution is 7.89. The van der Waals surface area contributed by atoms with Gasteiger partial charge in [-0.05, 0) is 18.2 Å². The molecular formula is C10H10F3N3O2S. The van der Waals surface area contributed by atoms with Gasteiger partial charge in [0.2, 0.25) is 10.0 Å². The van der Waals surface area contributed by atoms with Crippen molar-refractivity contribution in [1.29, 1.82) is 5.26 Å². The van der Waals surface area contributed by atoms with Gasteiger partial charge in [-0.15, -0.1) is 0 Å². The fraction of sp³-hybridized carbons (Fsp3) is 0.300. The van der Waals surface area contributed by atoms with E-state index in [2.05, 4.69) is 0 Å². The van der Waals surface area contributed by atoms with Crippen molar-refractivity contribution in [3.63, 3.8) is 0 Å². The topological polar surface area (TPSA) is 96.0 Å². The van der Waals surface area contributed by atoms with Crippen LogP contribution in [0.2, 0.25) is 0 Å². The Bertz CT molecular complexity index is 605. The van der Waals surface area contributed by atoms with E-state index in [9.17, 15) is 21.6 Å². The van der Waals surface area contributed by atoms with E-state index in [1.807, 2.05) is 4.72 Å². The minimum Gasteiger partial charge on any atom is -0.329 e. The lowest BCUT2D eigenvalue weighted by Crippen LogP contribution is -2.29. The fourth-order valence-corrected chi connectivity index (χ4v) is 2.37. The molecule has 0 aliphatic heterocycles. The number of benzene rings is 1. The van der Waals surface area contributed by atoms with Crippen LogP contribution in [0.5, 0.6) is 0 Å². The molecule has 0 spiro atoms. The maximum absolute atomic E-state index is 12.7. The predicted octanol–water partition coefficient (Wildman–Crippen LogP) is 0.814. The van der Waals surface area contributed by atoms with Gasteiger partial charge in [-0.25, -0.2) is 13.1 Å². The van der Waals surface area contributed by atoms with Crippen molar-refractivity contribution in [1.82, 2.24) is 4.72 Å². The van der Waals surface area contributed by atoms with Gasteiger partial charge in [-0.1, -0.05) is 0 Å². The van der Waals surface area contributed by atoms with Crippen LogP contribution in [0.3, 0.4) is 0 Å². The SMILES string of the molecule is N#Cc1ccc(S(=O)(=O)NCCN)cc1C(F)(F)F. The summed E-state index contributed by atoms with van der Waals surface area (Å²) >= 11 is 0. The first kappa shape index (κ1) is 15.4. The Balaban J connectivity index is 3.31.